The molecular formula is C79H103N6O17P. The zero-order chi connectivity index (χ0) is 75.2. The lowest BCUT2D eigenvalue weighted by Gasteiger charge is -2.27. The number of rotatable bonds is 36. The van der Waals surface area contributed by atoms with Gasteiger partial charge in [-0.25, -0.2) is 4.79 Å². The topological polar surface area (TPSA) is 333 Å². The van der Waals surface area contributed by atoms with Crippen LogP contribution in [0.4, 0.5) is 0 Å². The number of nitrogens with one attached hydrogen (secondary N) is 4. The Morgan fingerprint density at radius 2 is 1.01 bits per heavy atom. The standard InChI is InChI=1S/C38H47N3O7.C34H41N3O6.C7H15O4P/c1-5-47-36(44)18-17-30(21-28-12-7-9-16-34(28)42)39-37(45)29(19-24(2)3)23-35(43)32(40-38(46)33-20-25(4)48-41-33)22-27-14-10-13-26-11-6-8-15-31(26)27;1-21(2)15-26(33(41)35-27(20-38)17-25-10-5-7-14-31(25)39)19-32(40)29(36-34(42)30-16-22(3)43-37-30)18-24-12-8-11-23-9-4-6-13-28(23)24;1-4-10-12(9,11-5-2)6-7(3)8/h6,8,10-11,13-15,17-18,20,24,28-30,32H,5,7,9,12,16,19,21-23H2,1-4H3,(H,39,45)(H,40,46);4,6,8-9,11-13,16,20-21,25-27,29H,5,7,10,14-15,17-19H2,1-3H3,(H,35,41)(H,36,42);4-6H2,1-3H3/b18-17+;;/t28-,29+,30+,32-;25-,26+,27-,29-;/m00./s1. The number of Topliss-reactive ketones (excluding diaryl/α,β-unsaturated/α-hetero) is 5. The zero-order valence-corrected chi connectivity index (χ0v) is 62.1. The Kier molecular flexibility index (Phi) is 33.9. The maximum absolute atomic E-state index is 14.1. The highest BCUT2D eigenvalue weighted by molar-refractivity contribution is 7.54. The summed E-state index contributed by atoms with van der Waals surface area (Å²) in [6.45, 7) is 18.5. The van der Waals surface area contributed by atoms with Crippen molar-refractivity contribution in [3.05, 3.63) is 143 Å². The molecule has 0 aliphatic heterocycles. The van der Waals surface area contributed by atoms with E-state index in [1.165, 1.54) is 25.1 Å². The molecule has 8 rings (SSSR count). The maximum atomic E-state index is 14.1. The third kappa shape index (κ3) is 27.3. The van der Waals surface area contributed by atoms with Gasteiger partial charge in [0, 0.05) is 86.4 Å². The van der Waals surface area contributed by atoms with E-state index in [1.54, 1.807) is 40.7 Å². The second kappa shape index (κ2) is 42.0. The number of ketones is 5. The maximum Gasteiger partial charge on any atom is 0.338 e. The van der Waals surface area contributed by atoms with Gasteiger partial charge in [-0.05, 0) is 137 Å². The molecule has 2 heterocycles. The van der Waals surface area contributed by atoms with E-state index in [2.05, 4.69) is 31.6 Å². The normalized spacial score (nSPS) is 16.4. The Morgan fingerprint density at radius 1 is 0.583 bits per heavy atom. The molecule has 4 N–H and O–H groups in total. The molecule has 0 spiro atoms. The molecule has 4 amide bonds. The molecule has 0 radical (unpaired) electrons. The van der Waals surface area contributed by atoms with E-state index >= 15 is 0 Å². The van der Waals surface area contributed by atoms with Crippen molar-refractivity contribution in [3.63, 3.8) is 0 Å². The summed E-state index contributed by atoms with van der Waals surface area (Å²) in [5.74, 6) is -3.60. The van der Waals surface area contributed by atoms with Crippen molar-refractivity contribution in [2.24, 2.45) is 35.5 Å². The number of ether oxygens (including phenoxy) is 1. The minimum absolute atomic E-state index is 0.0631. The minimum Gasteiger partial charge on any atom is -0.463 e. The van der Waals surface area contributed by atoms with Crippen LogP contribution in [-0.4, -0.2) is 125 Å². The molecule has 0 unspecified atom stereocenters. The van der Waals surface area contributed by atoms with Crippen molar-refractivity contribution in [2.75, 3.05) is 26.0 Å². The second-order valence-corrected chi connectivity index (χ2v) is 29.5. The molecular weight excluding hydrogens is 1340 g/mol. The molecule has 24 heteroatoms. The number of esters is 1. The number of carbonyl (C=O) groups is 11. The number of fused-ring (bicyclic) bond motifs is 2. The van der Waals surface area contributed by atoms with Crippen molar-refractivity contribution < 1.29 is 80.1 Å². The number of amides is 4. The first-order valence-electron chi connectivity index (χ1n) is 36.0. The molecule has 556 valence electrons. The van der Waals surface area contributed by atoms with Crippen LogP contribution in [0.1, 0.15) is 189 Å². The third-order valence-electron chi connectivity index (χ3n) is 17.9. The molecule has 6 aromatic rings. The fourth-order valence-electron chi connectivity index (χ4n) is 13.1. The third-order valence-corrected chi connectivity index (χ3v) is 20.1. The number of aromatic nitrogens is 2. The Bertz CT molecular complexity index is 3930. The fraction of sp³-hybridized carbons (Fsp3) is 0.506. The molecule has 2 aromatic heterocycles. The average molecular weight is 1440 g/mol. The molecule has 2 saturated carbocycles. The largest absolute Gasteiger partial charge is 0.463 e. The molecule has 2 aliphatic rings. The Balaban J connectivity index is 0.000000280. The number of hydrogen-bond acceptors (Lipinski definition) is 19. The number of aldehydes is 1. The molecule has 103 heavy (non-hydrogen) atoms. The molecule has 0 bridgehead atoms. The highest BCUT2D eigenvalue weighted by Gasteiger charge is 2.35. The average Bonchev–Trinajstić information content (AvgIpc) is 1.74. The van der Waals surface area contributed by atoms with Crippen molar-refractivity contribution in [1.29, 1.82) is 0 Å². The van der Waals surface area contributed by atoms with Crippen molar-refractivity contribution in [2.45, 2.75) is 196 Å². The lowest BCUT2D eigenvalue weighted by Crippen LogP contribution is -2.46. The quantitative estimate of drug-likeness (QED) is 0.0123. The summed E-state index contributed by atoms with van der Waals surface area (Å²) in [7, 11) is -3.12. The van der Waals surface area contributed by atoms with Crippen LogP contribution in [0, 0.1) is 49.4 Å². The van der Waals surface area contributed by atoms with Crippen LogP contribution in [0.5, 0.6) is 0 Å². The first-order valence-corrected chi connectivity index (χ1v) is 37.8. The lowest BCUT2D eigenvalue weighted by atomic mass is 9.83. The predicted molar refractivity (Wildman–Crippen MR) is 391 cm³/mol. The van der Waals surface area contributed by atoms with Gasteiger partial charge in [-0.1, -0.05) is 142 Å². The summed E-state index contributed by atoms with van der Waals surface area (Å²) >= 11 is 0. The smallest absolute Gasteiger partial charge is 0.338 e. The van der Waals surface area contributed by atoms with E-state index in [0.29, 0.717) is 69.5 Å². The monoisotopic (exact) mass is 1440 g/mol. The highest BCUT2D eigenvalue weighted by Crippen LogP contribution is 2.47. The second-order valence-electron chi connectivity index (χ2n) is 27.4. The van der Waals surface area contributed by atoms with Crippen LogP contribution in [0.2, 0.25) is 0 Å². The van der Waals surface area contributed by atoms with Gasteiger partial charge in [0.25, 0.3) is 11.8 Å². The number of nitrogens with zero attached hydrogens (tertiary/aromatic N) is 2. The molecule has 4 aromatic carbocycles. The first-order chi connectivity index (χ1) is 49.2. The molecule has 0 saturated heterocycles. The van der Waals surface area contributed by atoms with Gasteiger partial charge in [-0.2, -0.15) is 0 Å². The van der Waals surface area contributed by atoms with E-state index in [1.807, 2.05) is 113 Å². The SMILES string of the molecule is CCOC(=O)/C=C/[C@H](C[C@@H]1CCCCC1=O)NC(=O)[C@@H](CC(=O)[C@H](Cc1cccc2ccccc12)NC(=O)c1cc(C)on1)CC(C)C.CCOP(=O)(CC(C)=O)OCC.Cc1cc(C(=O)N[C@@H](Cc2cccc3ccccc23)C(=O)C[C@@H](CC(C)C)C(=O)N[C@H](C=O)C[C@@H]2CCCCC2=O)no1. The summed E-state index contributed by atoms with van der Waals surface area (Å²) in [5, 5.41) is 23.1. The Labute approximate surface area is 603 Å². The van der Waals surface area contributed by atoms with Gasteiger partial charge in [0.05, 0.1) is 37.9 Å². The van der Waals surface area contributed by atoms with E-state index in [0.717, 1.165) is 64.8 Å². The molecule has 2 fully saturated rings. The number of aryl methyl sites for hydroxylation is 2. The molecule has 2 aliphatic carbocycles. The fourth-order valence-corrected chi connectivity index (χ4v) is 14.7. The lowest BCUT2D eigenvalue weighted by molar-refractivity contribution is -0.137. The van der Waals surface area contributed by atoms with Crippen LogP contribution in [-0.2, 0) is 74.3 Å². The number of hydrogen-bond donors (Lipinski definition) is 4. The van der Waals surface area contributed by atoms with Gasteiger partial charge in [-0.3, -0.25) is 47.7 Å². The predicted octanol–water partition coefficient (Wildman–Crippen LogP) is 12.6. The van der Waals surface area contributed by atoms with Gasteiger partial charge in [-0.15, -0.1) is 0 Å². The molecule has 8 atom stereocenters. The Hall–Kier alpha value is -8.92. The van der Waals surface area contributed by atoms with E-state index in [9.17, 15) is 57.3 Å². The van der Waals surface area contributed by atoms with E-state index in [-0.39, 0.29) is 115 Å². The summed E-state index contributed by atoms with van der Waals surface area (Å²) in [4.78, 5) is 141. The molecule has 23 nitrogen and oxygen atoms in total. The van der Waals surface area contributed by atoms with E-state index in [4.69, 9.17) is 22.8 Å². The van der Waals surface area contributed by atoms with Gasteiger partial charge in [0.2, 0.25) is 11.8 Å². The minimum atomic E-state index is -3.12. The summed E-state index contributed by atoms with van der Waals surface area (Å²) in [6.07, 6.45) is 11.1. The van der Waals surface area contributed by atoms with E-state index < -0.39 is 67.3 Å². The first kappa shape index (κ1) is 83.0. The summed E-state index contributed by atoms with van der Waals surface area (Å²) < 4.78 is 36.5. The Morgan fingerprint density at radius 3 is 1.40 bits per heavy atom. The van der Waals surface area contributed by atoms with Gasteiger partial charge >= 0.3 is 13.6 Å². The van der Waals surface area contributed by atoms with Crippen molar-refractivity contribution in [1.82, 2.24) is 31.6 Å². The van der Waals surface area contributed by atoms with Crippen LogP contribution in [0.15, 0.2) is 118 Å². The van der Waals surface area contributed by atoms with Gasteiger partial charge in [0.15, 0.2) is 23.0 Å². The van der Waals surface area contributed by atoms with Crippen molar-refractivity contribution >= 4 is 93.9 Å². The van der Waals surface area contributed by atoms with Gasteiger partial charge < -0.3 is 48.9 Å². The highest BCUT2D eigenvalue weighted by atomic mass is 31.2. The number of benzene rings is 4. The van der Waals surface area contributed by atoms with Crippen LogP contribution < -0.4 is 21.3 Å². The summed E-state index contributed by atoms with van der Waals surface area (Å²) in [6, 6.07) is 27.0. The summed E-state index contributed by atoms with van der Waals surface area (Å²) in [5.41, 5.74) is 1.90. The van der Waals surface area contributed by atoms with Gasteiger partial charge in [0.1, 0.15) is 41.3 Å². The zero-order valence-electron chi connectivity index (χ0n) is 61.2. The van der Waals surface area contributed by atoms with Crippen molar-refractivity contribution in [3.8, 4) is 0 Å². The number of carbonyl (C=O) groups excluding carboxylic acids is 11. The van der Waals surface area contributed by atoms with Crippen LogP contribution >= 0.6 is 7.60 Å². The van der Waals surface area contributed by atoms with Crippen LogP contribution in [0.3, 0.4) is 0 Å². The van der Waals surface area contributed by atoms with Crippen LogP contribution in [0.25, 0.3) is 21.5 Å².